The maximum atomic E-state index is 10.2. The number of hydrogen-bond acceptors (Lipinski definition) is 3. The molecule has 54 valence electrons. The van der Waals surface area contributed by atoms with Gasteiger partial charge in [0, 0.05) is 12.5 Å². The van der Waals surface area contributed by atoms with Gasteiger partial charge in [0.05, 0.1) is 6.61 Å². The van der Waals surface area contributed by atoms with Gasteiger partial charge in [-0.15, -0.1) is 0 Å². The average Bonchev–Trinajstić information content (AvgIpc) is 1.82. The van der Waals surface area contributed by atoms with Crippen LogP contribution in [-0.4, -0.2) is 30.7 Å². The summed E-state index contributed by atoms with van der Waals surface area (Å²) in [7, 11) is 1.67. The van der Waals surface area contributed by atoms with Gasteiger partial charge in [0.25, 0.3) is 0 Å². The quantitative estimate of drug-likeness (QED) is 0.433. The highest BCUT2D eigenvalue weighted by Crippen LogP contribution is 1.86. The van der Waals surface area contributed by atoms with Gasteiger partial charge in [-0.05, 0) is 7.05 Å². The minimum absolute atomic E-state index is 0.0561. The average molecular weight is 132 g/mol. The second kappa shape index (κ2) is 4.29. The summed E-state index contributed by atoms with van der Waals surface area (Å²) >= 11 is 0. The molecule has 0 aromatic carbocycles. The minimum atomic E-state index is -0.400. The summed E-state index contributed by atoms with van der Waals surface area (Å²) in [6.45, 7) is -0.0561. The van der Waals surface area contributed by atoms with E-state index in [2.05, 4.69) is 5.32 Å². The van der Waals surface area contributed by atoms with Crippen molar-refractivity contribution >= 4 is 5.91 Å². The zero-order valence-corrected chi connectivity index (χ0v) is 5.42. The number of hydrogen-bond donors (Lipinski definition) is 3. The van der Waals surface area contributed by atoms with Crippen LogP contribution >= 0.6 is 0 Å². The number of aliphatic hydroxyl groups is 1. The summed E-state index contributed by atoms with van der Waals surface area (Å²) in [6, 6.07) is -0.192. The molecule has 1 amide bonds. The molecule has 4 nitrogen and oxygen atoms in total. The molecule has 0 saturated heterocycles. The maximum Gasteiger partial charge on any atom is 0.219 e. The molecule has 0 aromatic heterocycles. The Bertz CT molecular complexity index is 91.0. The van der Waals surface area contributed by atoms with E-state index in [4.69, 9.17) is 10.8 Å². The van der Waals surface area contributed by atoms with E-state index in [9.17, 15) is 4.79 Å². The molecule has 0 aliphatic rings. The second-order valence-corrected chi connectivity index (χ2v) is 1.84. The predicted octanol–water partition coefficient (Wildman–Crippen LogP) is -1.56. The summed E-state index contributed by atoms with van der Waals surface area (Å²) in [5, 5.41) is 11.2. The highest BCUT2D eigenvalue weighted by molar-refractivity contribution is 5.74. The van der Waals surface area contributed by atoms with Crippen molar-refractivity contribution < 1.29 is 9.90 Å². The zero-order valence-electron chi connectivity index (χ0n) is 5.42. The molecule has 0 unspecified atom stereocenters. The topological polar surface area (TPSA) is 75.3 Å². The van der Waals surface area contributed by atoms with Crippen LogP contribution < -0.4 is 11.1 Å². The van der Waals surface area contributed by atoms with E-state index < -0.39 is 5.91 Å². The van der Waals surface area contributed by atoms with E-state index in [1.807, 2.05) is 0 Å². The van der Waals surface area contributed by atoms with Crippen molar-refractivity contribution in [3.8, 4) is 0 Å². The molecule has 0 aromatic rings. The molecular weight excluding hydrogens is 120 g/mol. The molecule has 0 aliphatic carbocycles. The fourth-order valence-electron chi connectivity index (χ4n) is 0.501. The van der Waals surface area contributed by atoms with Gasteiger partial charge < -0.3 is 16.2 Å². The number of carbonyl (C=O) groups excluding carboxylic acids is 1. The maximum absolute atomic E-state index is 10.2. The number of rotatable bonds is 4. The zero-order chi connectivity index (χ0) is 7.28. The van der Waals surface area contributed by atoms with Crippen LogP contribution in [-0.2, 0) is 4.79 Å². The normalized spacial score (nSPS) is 13.1. The third-order valence-electron chi connectivity index (χ3n) is 1.08. The smallest absolute Gasteiger partial charge is 0.219 e. The molecule has 4 heteroatoms. The molecule has 0 spiro atoms. The van der Waals surface area contributed by atoms with Gasteiger partial charge >= 0.3 is 0 Å². The first-order chi connectivity index (χ1) is 4.20. The van der Waals surface area contributed by atoms with Crippen LogP contribution in [0.3, 0.4) is 0 Å². The Morgan fingerprint density at radius 2 is 2.44 bits per heavy atom. The summed E-state index contributed by atoms with van der Waals surface area (Å²) in [5.41, 5.74) is 4.85. The first-order valence-electron chi connectivity index (χ1n) is 2.77. The number of amides is 1. The largest absolute Gasteiger partial charge is 0.395 e. The fourth-order valence-corrected chi connectivity index (χ4v) is 0.501. The van der Waals surface area contributed by atoms with Crippen molar-refractivity contribution in [3.05, 3.63) is 0 Å². The van der Waals surface area contributed by atoms with Crippen LogP contribution in [0.15, 0.2) is 0 Å². The van der Waals surface area contributed by atoms with Crippen LogP contribution in [0.5, 0.6) is 0 Å². The third-order valence-corrected chi connectivity index (χ3v) is 1.08. The molecule has 0 radical (unpaired) electrons. The van der Waals surface area contributed by atoms with Crippen molar-refractivity contribution in [2.75, 3.05) is 13.7 Å². The Balaban J connectivity index is 3.43. The van der Waals surface area contributed by atoms with Crippen LogP contribution in [0.25, 0.3) is 0 Å². The molecule has 4 N–H and O–H groups in total. The van der Waals surface area contributed by atoms with Crippen molar-refractivity contribution in [2.24, 2.45) is 5.73 Å². The standard InChI is InChI=1S/C5H12N2O2/c1-7-4(3-8)2-5(6)9/h4,7-8H,2-3H2,1H3,(H2,6,9)/t4-/m0/s1. The first-order valence-corrected chi connectivity index (χ1v) is 2.77. The summed E-state index contributed by atoms with van der Waals surface area (Å²) in [4.78, 5) is 10.2. The van der Waals surface area contributed by atoms with Gasteiger partial charge in [-0.25, -0.2) is 0 Å². The molecular formula is C5H12N2O2. The monoisotopic (exact) mass is 132 g/mol. The Hall–Kier alpha value is -0.610. The van der Waals surface area contributed by atoms with Crippen molar-refractivity contribution in [3.63, 3.8) is 0 Å². The Morgan fingerprint density at radius 1 is 1.89 bits per heavy atom. The molecule has 1 atom stereocenters. The van der Waals surface area contributed by atoms with E-state index in [0.717, 1.165) is 0 Å². The minimum Gasteiger partial charge on any atom is -0.395 e. The second-order valence-electron chi connectivity index (χ2n) is 1.84. The number of nitrogens with one attached hydrogen (secondary N) is 1. The summed E-state index contributed by atoms with van der Waals surface area (Å²) < 4.78 is 0. The lowest BCUT2D eigenvalue weighted by Gasteiger charge is -2.08. The number of likely N-dealkylation sites (N-methyl/N-ethyl adjacent to an activating group) is 1. The van der Waals surface area contributed by atoms with Crippen molar-refractivity contribution in [2.45, 2.75) is 12.5 Å². The van der Waals surface area contributed by atoms with Gasteiger partial charge in [0.2, 0.25) is 5.91 Å². The van der Waals surface area contributed by atoms with Gasteiger partial charge in [-0.1, -0.05) is 0 Å². The van der Waals surface area contributed by atoms with Gasteiger partial charge in [-0.3, -0.25) is 4.79 Å². The van der Waals surface area contributed by atoms with E-state index in [-0.39, 0.29) is 19.1 Å². The SMILES string of the molecule is CN[C@H](CO)CC(N)=O. The molecule has 9 heavy (non-hydrogen) atoms. The van der Waals surface area contributed by atoms with E-state index >= 15 is 0 Å². The van der Waals surface area contributed by atoms with Crippen LogP contribution in [0.1, 0.15) is 6.42 Å². The summed E-state index contributed by atoms with van der Waals surface area (Å²) in [5.74, 6) is -0.400. The van der Waals surface area contributed by atoms with E-state index in [1.54, 1.807) is 7.05 Å². The van der Waals surface area contributed by atoms with Crippen LogP contribution in [0.2, 0.25) is 0 Å². The third kappa shape index (κ3) is 3.93. The highest BCUT2D eigenvalue weighted by Gasteiger charge is 2.06. The number of primary amides is 1. The molecule has 0 bridgehead atoms. The lowest BCUT2D eigenvalue weighted by Crippen LogP contribution is -2.33. The van der Waals surface area contributed by atoms with E-state index in [1.165, 1.54) is 0 Å². The van der Waals surface area contributed by atoms with Gasteiger partial charge in [0.15, 0.2) is 0 Å². The Labute approximate surface area is 54.0 Å². The Kier molecular flexibility index (Phi) is 4.00. The Morgan fingerprint density at radius 3 is 2.56 bits per heavy atom. The lowest BCUT2D eigenvalue weighted by atomic mass is 10.2. The van der Waals surface area contributed by atoms with Gasteiger partial charge in [-0.2, -0.15) is 0 Å². The predicted molar refractivity (Wildman–Crippen MR) is 33.7 cm³/mol. The van der Waals surface area contributed by atoms with E-state index in [0.29, 0.717) is 0 Å². The summed E-state index contributed by atoms with van der Waals surface area (Å²) in [6.07, 6.45) is 0.188. The van der Waals surface area contributed by atoms with Crippen LogP contribution in [0.4, 0.5) is 0 Å². The molecule has 0 rings (SSSR count). The number of carbonyl (C=O) groups is 1. The van der Waals surface area contributed by atoms with Crippen molar-refractivity contribution in [1.82, 2.24) is 5.32 Å². The number of nitrogens with two attached hydrogens (primary N) is 1. The fraction of sp³-hybridized carbons (Fsp3) is 0.800. The van der Waals surface area contributed by atoms with Crippen LogP contribution in [0, 0.1) is 0 Å². The lowest BCUT2D eigenvalue weighted by molar-refractivity contribution is -0.118. The van der Waals surface area contributed by atoms with Crippen molar-refractivity contribution in [1.29, 1.82) is 0 Å². The highest BCUT2D eigenvalue weighted by atomic mass is 16.3. The number of aliphatic hydroxyl groups excluding tert-OH is 1. The molecule has 0 fully saturated rings. The van der Waals surface area contributed by atoms with Gasteiger partial charge in [0.1, 0.15) is 0 Å². The molecule has 0 aliphatic heterocycles. The molecule has 0 saturated carbocycles. The first kappa shape index (κ1) is 8.39. The molecule has 0 heterocycles.